The highest BCUT2D eigenvalue weighted by Crippen LogP contribution is 2.33. The number of carbonyl (C=O) groups excluding carboxylic acids is 4. The van der Waals surface area contributed by atoms with Gasteiger partial charge in [-0.25, -0.2) is 9.37 Å². The van der Waals surface area contributed by atoms with Crippen LogP contribution in [0.4, 0.5) is 15.9 Å². The van der Waals surface area contributed by atoms with Crippen LogP contribution in [0, 0.1) is 5.82 Å². The van der Waals surface area contributed by atoms with E-state index in [2.05, 4.69) is 25.8 Å². The Hall–Kier alpha value is -7.34. The van der Waals surface area contributed by atoms with Crippen molar-refractivity contribution in [3.05, 3.63) is 127 Å². The van der Waals surface area contributed by atoms with Crippen LogP contribution in [0.1, 0.15) is 91.2 Å². The van der Waals surface area contributed by atoms with Gasteiger partial charge in [0.1, 0.15) is 17.5 Å². The van der Waals surface area contributed by atoms with Crippen molar-refractivity contribution in [2.24, 2.45) is 7.05 Å². The summed E-state index contributed by atoms with van der Waals surface area (Å²) >= 11 is 0. The molecule has 0 radical (unpaired) electrons. The van der Waals surface area contributed by atoms with Crippen LogP contribution in [0.25, 0.3) is 27.7 Å². The third-order valence-corrected chi connectivity index (χ3v) is 12.8. The van der Waals surface area contributed by atoms with E-state index >= 15 is 4.39 Å². The van der Waals surface area contributed by atoms with Crippen LogP contribution in [0.15, 0.2) is 76.7 Å². The van der Waals surface area contributed by atoms with E-state index in [0.717, 1.165) is 27.9 Å². The summed E-state index contributed by atoms with van der Waals surface area (Å²) < 4.78 is 19.7. The van der Waals surface area contributed by atoms with Crippen molar-refractivity contribution in [1.82, 2.24) is 44.2 Å². The number of amides is 4. The maximum atomic E-state index is 15.5. The molecule has 3 aliphatic heterocycles. The van der Waals surface area contributed by atoms with Crippen LogP contribution in [0.5, 0.6) is 0 Å². The second-order valence-electron chi connectivity index (χ2n) is 18.1. The molecule has 1 fully saturated rings. The Labute approximate surface area is 377 Å². The van der Waals surface area contributed by atoms with Gasteiger partial charge in [-0.3, -0.25) is 38.8 Å². The van der Waals surface area contributed by atoms with Crippen molar-refractivity contribution >= 4 is 45.9 Å². The summed E-state index contributed by atoms with van der Waals surface area (Å²) in [6.45, 7) is 6.86. The highest BCUT2D eigenvalue weighted by Gasteiger charge is 2.39. The predicted molar refractivity (Wildman–Crippen MR) is 241 cm³/mol. The number of fused-ring (bicyclic) bond motifs is 3. The molecule has 18 heteroatoms. The van der Waals surface area contributed by atoms with E-state index < -0.39 is 29.9 Å². The van der Waals surface area contributed by atoms with E-state index in [1.54, 1.807) is 58.1 Å². The lowest BCUT2D eigenvalue weighted by Gasteiger charge is -2.29. The van der Waals surface area contributed by atoms with Gasteiger partial charge in [-0.15, -0.1) is 0 Å². The number of aliphatic hydroxyl groups is 1. The zero-order valence-electron chi connectivity index (χ0n) is 37.1. The number of benzene rings is 2. The number of unbranched alkanes of at least 4 members (excludes halogenated alkanes) is 1. The van der Waals surface area contributed by atoms with Crippen molar-refractivity contribution < 1.29 is 28.7 Å². The normalized spacial score (nSPS) is 16.2. The van der Waals surface area contributed by atoms with Crippen molar-refractivity contribution in [2.45, 2.75) is 97.0 Å². The zero-order valence-corrected chi connectivity index (χ0v) is 37.1. The van der Waals surface area contributed by atoms with Crippen LogP contribution in [0.3, 0.4) is 0 Å². The first-order valence-electron chi connectivity index (χ1n) is 22.0. The maximum Gasteiger partial charge on any atom is 0.283 e. The van der Waals surface area contributed by atoms with Gasteiger partial charge in [0, 0.05) is 73.5 Å². The van der Waals surface area contributed by atoms with E-state index in [1.807, 2.05) is 32.9 Å². The van der Waals surface area contributed by atoms with Crippen LogP contribution >= 0.6 is 0 Å². The number of carbonyl (C=O) groups is 4. The quantitative estimate of drug-likeness (QED) is 0.122. The van der Waals surface area contributed by atoms with E-state index in [4.69, 9.17) is 0 Å². The standard InChI is InChI=1S/C48H49FN10O7/c1-48(2,3)30-18-28-22-51-59(47(66)42(28)36(49)20-30)43-35(26-60)32(14-15-50-43)29-19-37(46(65)55(4)23-29)52-39-21-31-24-56(16-17-58(31)54-39)41(62)11-6-5-8-27-9-7-10-33-34(27)25-57(45(33)64)38-12-13-40(61)53-44(38)63/h7,9-10,14-15,18-23,38,60H,5-6,8,11-13,16-17,24-26H2,1-4H3,(H,52,54)(H,53,61,63). The monoisotopic (exact) mass is 896 g/mol. The topological polar surface area (TPSA) is 207 Å². The third-order valence-electron chi connectivity index (χ3n) is 12.8. The molecule has 0 bridgehead atoms. The Bertz CT molecular complexity index is 3110. The lowest BCUT2D eigenvalue weighted by atomic mass is 9.86. The molecule has 66 heavy (non-hydrogen) atoms. The Kier molecular flexibility index (Phi) is 11.5. The molecule has 1 unspecified atom stereocenters. The Morgan fingerprint density at radius 3 is 2.58 bits per heavy atom. The van der Waals surface area contributed by atoms with Crippen LogP contribution in [-0.2, 0) is 59.5 Å². The molecule has 9 rings (SSSR count). The fourth-order valence-corrected chi connectivity index (χ4v) is 9.17. The smallest absolute Gasteiger partial charge is 0.283 e. The lowest BCUT2D eigenvalue weighted by Crippen LogP contribution is -2.52. The number of nitrogens with zero attached hydrogens (tertiary/aromatic N) is 8. The van der Waals surface area contributed by atoms with Gasteiger partial charge in [-0.1, -0.05) is 32.9 Å². The number of imide groups is 1. The number of aliphatic hydroxyl groups excluding tert-OH is 1. The molecule has 3 aliphatic rings. The van der Waals surface area contributed by atoms with E-state index in [0.29, 0.717) is 85.3 Å². The molecule has 1 atom stereocenters. The Morgan fingerprint density at radius 1 is 0.985 bits per heavy atom. The third kappa shape index (κ3) is 8.16. The molecular weight excluding hydrogens is 848 g/mol. The Morgan fingerprint density at radius 2 is 1.80 bits per heavy atom. The number of halogens is 1. The van der Waals surface area contributed by atoms with Crippen LogP contribution < -0.4 is 21.8 Å². The van der Waals surface area contributed by atoms with Crippen molar-refractivity contribution in [3.63, 3.8) is 0 Å². The van der Waals surface area contributed by atoms with Gasteiger partial charge in [0.2, 0.25) is 17.7 Å². The van der Waals surface area contributed by atoms with Gasteiger partial charge < -0.3 is 24.8 Å². The van der Waals surface area contributed by atoms with Gasteiger partial charge in [0.05, 0.1) is 37.0 Å². The van der Waals surface area contributed by atoms with Gasteiger partial charge in [0.15, 0.2) is 11.6 Å². The van der Waals surface area contributed by atoms with Gasteiger partial charge in [0.25, 0.3) is 17.0 Å². The number of rotatable bonds is 11. The summed E-state index contributed by atoms with van der Waals surface area (Å²) in [5, 5.41) is 25.4. The molecule has 1 saturated heterocycles. The molecule has 7 heterocycles. The Balaban J connectivity index is 0.860. The summed E-state index contributed by atoms with van der Waals surface area (Å²) in [6.07, 6.45) is 7.32. The number of nitrogens with one attached hydrogen (secondary N) is 2. The number of aromatic nitrogens is 6. The minimum atomic E-state index is -0.732. The fourth-order valence-electron chi connectivity index (χ4n) is 9.17. The molecule has 17 nitrogen and oxygen atoms in total. The molecule has 4 amide bonds. The molecule has 3 N–H and O–H groups in total. The van der Waals surface area contributed by atoms with E-state index in [-0.39, 0.29) is 57.6 Å². The number of aryl methyl sites for hydroxylation is 2. The SMILES string of the molecule is Cn1cc(-c2ccnc(-n3ncc4cc(C(C)(C)C)cc(F)c4c3=O)c2CO)cc(Nc2cc3n(n2)CCN(C(=O)CCCCc2cccc4c2CN(C2CCC(=O)NC2=O)C4=O)C3)c1=O. The molecule has 0 aliphatic carbocycles. The first-order valence-corrected chi connectivity index (χ1v) is 22.0. The maximum absolute atomic E-state index is 15.5. The second-order valence-corrected chi connectivity index (χ2v) is 18.1. The number of hydrogen-bond donors (Lipinski definition) is 3. The lowest BCUT2D eigenvalue weighted by molar-refractivity contribution is -0.137. The predicted octanol–water partition coefficient (Wildman–Crippen LogP) is 4.53. The molecule has 4 aromatic heterocycles. The first-order chi connectivity index (χ1) is 31.6. The number of hydrogen-bond acceptors (Lipinski definition) is 11. The van der Waals surface area contributed by atoms with E-state index in [9.17, 15) is 33.9 Å². The van der Waals surface area contributed by atoms with Crippen molar-refractivity contribution in [2.75, 3.05) is 11.9 Å². The molecule has 6 aromatic rings. The van der Waals surface area contributed by atoms with Crippen LogP contribution in [-0.4, -0.2) is 80.2 Å². The number of anilines is 2. The van der Waals surface area contributed by atoms with Crippen molar-refractivity contribution in [1.29, 1.82) is 0 Å². The van der Waals surface area contributed by atoms with Gasteiger partial charge >= 0.3 is 0 Å². The molecule has 0 saturated carbocycles. The molecular formula is C48H49FN10O7. The largest absolute Gasteiger partial charge is 0.392 e. The summed E-state index contributed by atoms with van der Waals surface area (Å²) in [4.78, 5) is 85.8. The summed E-state index contributed by atoms with van der Waals surface area (Å²) in [6, 6.07) is 13.1. The van der Waals surface area contributed by atoms with Gasteiger partial charge in [-0.05, 0) is 83.7 Å². The number of piperidine rings is 1. The molecule has 340 valence electrons. The highest BCUT2D eigenvalue weighted by molar-refractivity contribution is 6.05. The zero-order chi connectivity index (χ0) is 46.6. The fraction of sp³-hybridized carbons (Fsp3) is 0.354. The summed E-state index contributed by atoms with van der Waals surface area (Å²) in [7, 11) is 1.59. The van der Waals surface area contributed by atoms with Crippen molar-refractivity contribution in [3.8, 4) is 16.9 Å². The average Bonchev–Trinajstić information content (AvgIpc) is 3.85. The summed E-state index contributed by atoms with van der Waals surface area (Å²) in [5.74, 6) is -1.24. The molecule has 0 spiro atoms. The van der Waals surface area contributed by atoms with Gasteiger partial charge in [-0.2, -0.15) is 14.9 Å². The second kappa shape index (κ2) is 17.2. The highest BCUT2D eigenvalue weighted by atomic mass is 19.1. The minimum absolute atomic E-state index is 0.00778. The van der Waals surface area contributed by atoms with Crippen LogP contribution in [0.2, 0.25) is 0 Å². The minimum Gasteiger partial charge on any atom is -0.392 e. The first kappa shape index (κ1) is 43.9. The molecule has 2 aromatic carbocycles. The van der Waals surface area contributed by atoms with E-state index in [1.165, 1.54) is 23.0 Å². The average molecular weight is 897 g/mol. The number of pyridine rings is 2. The summed E-state index contributed by atoms with van der Waals surface area (Å²) in [5.41, 5.74) is 3.94.